The molecule has 2 aliphatic heterocycles. The molecule has 1 unspecified atom stereocenters. The summed E-state index contributed by atoms with van der Waals surface area (Å²) in [6.45, 7) is 6.17. The summed E-state index contributed by atoms with van der Waals surface area (Å²) >= 11 is 0. The second-order valence-electron chi connectivity index (χ2n) is 5.81. The Morgan fingerprint density at radius 1 is 1.33 bits per heavy atom. The summed E-state index contributed by atoms with van der Waals surface area (Å²) < 4.78 is 0. The van der Waals surface area contributed by atoms with Gasteiger partial charge in [-0.05, 0) is 38.8 Å². The van der Waals surface area contributed by atoms with Gasteiger partial charge in [-0.2, -0.15) is 0 Å². The molecule has 0 spiro atoms. The number of nitrogens with two attached hydrogens (primary N) is 1. The topological polar surface area (TPSA) is 90.9 Å². The van der Waals surface area contributed by atoms with Crippen molar-refractivity contribution in [1.82, 2.24) is 14.9 Å². The minimum Gasteiger partial charge on any atom is -0.409 e. The van der Waals surface area contributed by atoms with Crippen LogP contribution < -0.4 is 10.6 Å². The first-order chi connectivity index (χ1) is 10.2. The van der Waals surface area contributed by atoms with Crippen LogP contribution in [0.5, 0.6) is 0 Å². The Kier molecular flexibility index (Phi) is 3.92. The lowest BCUT2D eigenvalue weighted by molar-refractivity contribution is 0.273. The second-order valence-corrected chi connectivity index (χ2v) is 5.81. The lowest BCUT2D eigenvalue weighted by Crippen LogP contribution is -2.37. The predicted octanol–water partition coefficient (Wildman–Crippen LogP) is 0.554. The van der Waals surface area contributed by atoms with Crippen molar-refractivity contribution in [2.75, 3.05) is 31.1 Å². The molecule has 7 heteroatoms. The van der Waals surface area contributed by atoms with Crippen molar-refractivity contribution in [3.63, 3.8) is 0 Å². The zero-order chi connectivity index (χ0) is 14.8. The lowest BCUT2D eigenvalue weighted by Gasteiger charge is -2.26. The average Bonchev–Trinajstić information content (AvgIpc) is 2.82. The molecule has 1 aromatic rings. The van der Waals surface area contributed by atoms with Crippen molar-refractivity contribution in [3.8, 4) is 0 Å². The molecule has 0 radical (unpaired) electrons. The molecular weight excluding hydrogens is 268 g/mol. The molecule has 2 aliphatic rings. The third kappa shape index (κ3) is 2.92. The maximum atomic E-state index is 8.83. The minimum absolute atomic E-state index is 0.0269. The van der Waals surface area contributed by atoms with Crippen LogP contribution in [0.1, 0.15) is 30.7 Å². The molecule has 0 aliphatic carbocycles. The fourth-order valence-electron chi connectivity index (χ4n) is 3.27. The van der Waals surface area contributed by atoms with Gasteiger partial charge in [-0.1, -0.05) is 5.16 Å². The molecule has 2 fully saturated rings. The quantitative estimate of drug-likeness (QED) is 0.358. The van der Waals surface area contributed by atoms with Crippen LogP contribution in [-0.2, 0) is 0 Å². The van der Waals surface area contributed by atoms with E-state index in [0.29, 0.717) is 17.7 Å². The number of nitrogens with zero attached hydrogens (tertiary/aromatic N) is 5. The maximum Gasteiger partial charge on any atom is 0.226 e. The second kappa shape index (κ2) is 5.85. The van der Waals surface area contributed by atoms with E-state index in [4.69, 9.17) is 10.9 Å². The molecule has 1 atom stereocenters. The molecule has 114 valence electrons. The number of anilines is 1. The van der Waals surface area contributed by atoms with Crippen LogP contribution in [0.25, 0.3) is 0 Å². The number of fused-ring (bicyclic) bond motifs is 1. The first-order valence-electron chi connectivity index (χ1n) is 7.50. The number of oxime groups is 1. The van der Waals surface area contributed by atoms with E-state index >= 15 is 0 Å². The van der Waals surface area contributed by atoms with Crippen molar-refractivity contribution >= 4 is 11.8 Å². The molecule has 0 saturated carbocycles. The van der Waals surface area contributed by atoms with E-state index < -0.39 is 0 Å². The van der Waals surface area contributed by atoms with Crippen molar-refractivity contribution in [2.45, 2.75) is 32.2 Å². The predicted molar refractivity (Wildman–Crippen MR) is 80.7 cm³/mol. The average molecular weight is 290 g/mol. The highest BCUT2D eigenvalue weighted by Crippen LogP contribution is 2.23. The smallest absolute Gasteiger partial charge is 0.226 e. The van der Waals surface area contributed by atoms with Gasteiger partial charge in [0.1, 0.15) is 5.69 Å². The summed E-state index contributed by atoms with van der Waals surface area (Å²) in [6, 6.07) is 2.34. The Bertz CT molecular complexity index is 546. The standard InChI is InChI=1S/C14H22N6O/c1-10-8-12(13(15)18-21)17-14(16-10)20-7-3-6-19-5-2-4-11(19)9-20/h8,11,21H,2-7,9H2,1H3,(H2,15,18). The van der Waals surface area contributed by atoms with Crippen LogP contribution >= 0.6 is 0 Å². The molecule has 2 saturated heterocycles. The van der Waals surface area contributed by atoms with Crippen molar-refractivity contribution in [1.29, 1.82) is 0 Å². The highest BCUT2D eigenvalue weighted by atomic mass is 16.4. The van der Waals surface area contributed by atoms with E-state index in [0.717, 1.165) is 31.7 Å². The van der Waals surface area contributed by atoms with E-state index in [1.807, 2.05) is 6.92 Å². The van der Waals surface area contributed by atoms with Gasteiger partial charge in [0.15, 0.2) is 5.84 Å². The van der Waals surface area contributed by atoms with Gasteiger partial charge < -0.3 is 15.8 Å². The van der Waals surface area contributed by atoms with Crippen LogP contribution in [0.4, 0.5) is 5.95 Å². The largest absolute Gasteiger partial charge is 0.409 e. The van der Waals surface area contributed by atoms with Crippen LogP contribution in [0, 0.1) is 6.92 Å². The van der Waals surface area contributed by atoms with Gasteiger partial charge in [-0.3, -0.25) is 4.90 Å². The zero-order valence-corrected chi connectivity index (χ0v) is 12.4. The van der Waals surface area contributed by atoms with Gasteiger partial charge in [0, 0.05) is 31.4 Å². The van der Waals surface area contributed by atoms with E-state index in [2.05, 4.69) is 24.9 Å². The Labute approximate surface area is 124 Å². The Morgan fingerprint density at radius 3 is 2.95 bits per heavy atom. The van der Waals surface area contributed by atoms with Crippen LogP contribution in [-0.4, -0.2) is 58.1 Å². The summed E-state index contributed by atoms with van der Waals surface area (Å²) in [7, 11) is 0. The number of rotatable bonds is 2. The fraction of sp³-hybridized carbons (Fsp3) is 0.643. The highest BCUT2D eigenvalue weighted by molar-refractivity contribution is 5.95. The highest BCUT2D eigenvalue weighted by Gasteiger charge is 2.29. The van der Waals surface area contributed by atoms with Gasteiger partial charge in [-0.25, -0.2) is 9.97 Å². The molecule has 3 rings (SSSR count). The Balaban J connectivity index is 1.86. The first kappa shape index (κ1) is 14.1. The third-order valence-electron chi connectivity index (χ3n) is 4.30. The molecule has 7 nitrogen and oxygen atoms in total. The summed E-state index contributed by atoms with van der Waals surface area (Å²) in [5.74, 6) is 0.712. The van der Waals surface area contributed by atoms with Crippen LogP contribution in [0.15, 0.2) is 11.2 Å². The Morgan fingerprint density at radius 2 is 2.14 bits per heavy atom. The van der Waals surface area contributed by atoms with Gasteiger partial charge in [-0.15, -0.1) is 0 Å². The molecule has 3 heterocycles. The SMILES string of the molecule is Cc1cc(/C(N)=N/O)nc(N2CCCN3CCCC3C2)n1. The molecule has 1 aromatic heterocycles. The van der Waals surface area contributed by atoms with Crippen LogP contribution in [0.2, 0.25) is 0 Å². The normalized spacial score (nSPS) is 24.0. The summed E-state index contributed by atoms with van der Waals surface area (Å²) in [4.78, 5) is 13.8. The van der Waals surface area contributed by atoms with Crippen LogP contribution in [0.3, 0.4) is 0 Å². The maximum absolute atomic E-state index is 8.83. The molecule has 0 aromatic carbocycles. The summed E-state index contributed by atoms with van der Waals surface area (Å²) in [5, 5.41) is 11.9. The number of hydrogen-bond donors (Lipinski definition) is 2. The number of aryl methyl sites for hydroxylation is 1. The van der Waals surface area contributed by atoms with Gasteiger partial charge in [0.25, 0.3) is 0 Å². The van der Waals surface area contributed by atoms with Gasteiger partial charge in [0.05, 0.1) is 0 Å². The molecule has 0 amide bonds. The van der Waals surface area contributed by atoms with E-state index in [-0.39, 0.29) is 5.84 Å². The molecule has 3 N–H and O–H groups in total. The third-order valence-corrected chi connectivity index (χ3v) is 4.30. The van der Waals surface area contributed by atoms with Gasteiger partial charge in [0.2, 0.25) is 5.95 Å². The summed E-state index contributed by atoms with van der Waals surface area (Å²) in [5.41, 5.74) is 6.97. The number of hydrogen-bond acceptors (Lipinski definition) is 6. The zero-order valence-electron chi connectivity index (χ0n) is 12.4. The monoisotopic (exact) mass is 290 g/mol. The van der Waals surface area contributed by atoms with Crippen molar-refractivity contribution in [3.05, 3.63) is 17.5 Å². The number of aromatic nitrogens is 2. The fourth-order valence-corrected chi connectivity index (χ4v) is 3.27. The number of amidine groups is 1. The van der Waals surface area contributed by atoms with E-state index in [9.17, 15) is 0 Å². The molecule has 0 bridgehead atoms. The molecule has 21 heavy (non-hydrogen) atoms. The van der Waals surface area contributed by atoms with Gasteiger partial charge >= 0.3 is 0 Å². The van der Waals surface area contributed by atoms with Crippen molar-refractivity contribution in [2.24, 2.45) is 10.9 Å². The first-order valence-corrected chi connectivity index (χ1v) is 7.50. The minimum atomic E-state index is 0.0269. The Hall–Kier alpha value is -1.89. The molecular formula is C14H22N6O. The van der Waals surface area contributed by atoms with E-state index in [1.54, 1.807) is 6.07 Å². The van der Waals surface area contributed by atoms with Crippen molar-refractivity contribution < 1.29 is 5.21 Å². The lowest BCUT2D eigenvalue weighted by atomic mass is 10.2. The summed E-state index contributed by atoms with van der Waals surface area (Å²) in [6.07, 6.45) is 3.64. The van der Waals surface area contributed by atoms with E-state index in [1.165, 1.54) is 19.4 Å².